The van der Waals surface area contributed by atoms with Crippen LogP contribution >= 0.6 is 0 Å². The van der Waals surface area contributed by atoms with Crippen molar-refractivity contribution in [2.75, 3.05) is 39.5 Å². The molecule has 1 atom stereocenters. The molecule has 2 saturated heterocycles. The number of ether oxygens (including phenoxy) is 2. The number of piperidine rings is 1. The van der Waals surface area contributed by atoms with E-state index in [0.717, 1.165) is 37.1 Å². The fourth-order valence-corrected chi connectivity index (χ4v) is 3.48. The number of rotatable bonds is 5. The molecule has 0 aromatic carbocycles. The van der Waals surface area contributed by atoms with Gasteiger partial charge in [0.2, 0.25) is 0 Å². The summed E-state index contributed by atoms with van der Waals surface area (Å²) >= 11 is 0. The Kier molecular flexibility index (Phi) is 5.68. The molecule has 3 heterocycles. The SMILES string of the molecule is Cc1cnccc1OCC1CCN(CC2CCCOC2)CC1. The molecule has 0 radical (unpaired) electrons. The van der Waals surface area contributed by atoms with E-state index in [9.17, 15) is 0 Å². The van der Waals surface area contributed by atoms with Crippen molar-refractivity contribution in [3.8, 4) is 5.75 Å². The van der Waals surface area contributed by atoms with Crippen LogP contribution in [0.1, 0.15) is 31.2 Å². The van der Waals surface area contributed by atoms with E-state index in [-0.39, 0.29) is 0 Å². The number of nitrogens with zero attached hydrogens (tertiary/aromatic N) is 2. The van der Waals surface area contributed by atoms with Crippen LogP contribution in [0.4, 0.5) is 0 Å². The van der Waals surface area contributed by atoms with E-state index >= 15 is 0 Å². The first-order valence-electron chi connectivity index (χ1n) is 8.65. The number of aryl methyl sites for hydroxylation is 1. The van der Waals surface area contributed by atoms with Crippen molar-refractivity contribution in [3.05, 3.63) is 24.0 Å². The van der Waals surface area contributed by atoms with Crippen LogP contribution in [-0.4, -0.2) is 49.3 Å². The topological polar surface area (TPSA) is 34.6 Å². The lowest BCUT2D eigenvalue weighted by Crippen LogP contribution is -2.40. The van der Waals surface area contributed by atoms with Crippen LogP contribution in [0.15, 0.2) is 18.5 Å². The molecule has 0 aliphatic carbocycles. The normalized spacial score (nSPS) is 24.3. The summed E-state index contributed by atoms with van der Waals surface area (Å²) in [7, 11) is 0. The van der Waals surface area contributed by atoms with Crippen LogP contribution in [0.2, 0.25) is 0 Å². The molecule has 0 bridgehead atoms. The molecular weight excluding hydrogens is 276 g/mol. The van der Waals surface area contributed by atoms with E-state index in [1.54, 1.807) is 6.20 Å². The molecular formula is C18H28N2O2. The molecule has 1 unspecified atom stereocenters. The van der Waals surface area contributed by atoms with Crippen molar-refractivity contribution in [1.29, 1.82) is 0 Å². The lowest BCUT2D eigenvalue weighted by Gasteiger charge is -2.35. The zero-order valence-corrected chi connectivity index (χ0v) is 13.7. The third-order valence-corrected chi connectivity index (χ3v) is 4.92. The molecule has 0 saturated carbocycles. The van der Waals surface area contributed by atoms with Crippen molar-refractivity contribution in [1.82, 2.24) is 9.88 Å². The quantitative estimate of drug-likeness (QED) is 0.838. The average molecular weight is 304 g/mol. The maximum Gasteiger partial charge on any atom is 0.125 e. The maximum atomic E-state index is 5.98. The van der Waals surface area contributed by atoms with E-state index < -0.39 is 0 Å². The molecule has 0 spiro atoms. The molecule has 1 aromatic heterocycles. The van der Waals surface area contributed by atoms with Crippen molar-refractivity contribution in [3.63, 3.8) is 0 Å². The number of likely N-dealkylation sites (tertiary alicyclic amines) is 1. The molecule has 0 N–H and O–H groups in total. The fraction of sp³-hybridized carbons (Fsp3) is 0.722. The van der Waals surface area contributed by atoms with Gasteiger partial charge >= 0.3 is 0 Å². The van der Waals surface area contributed by atoms with Gasteiger partial charge in [-0.1, -0.05) is 0 Å². The van der Waals surface area contributed by atoms with E-state index in [1.807, 2.05) is 12.3 Å². The van der Waals surface area contributed by atoms with E-state index in [0.29, 0.717) is 5.92 Å². The second-order valence-corrected chi connectivity index (χ2v) is 6.78. The van der Waals surface area contributed by atoms with Gasteiger partial charge in [-0.05, 0) is 63.6 Å². The van der Waals surface area contributed by atoms with Crippen LogP contribution in [0.5, 0.6) is 5.75 Å². The fourth-order valence-electron chi connectivity index (χ4n) is 3.48. The highest BCUT2D eigenvalue weighted by Crippen LogP contribution is 2.23. The van der Waals surface area contributed by atoms with Gasteiger partial charge < -0.3 is 14.4 Å². The number of aromatic nitrogens is 1. The van der Waals surface area contributed by atoms with E-state index in [1.165, 1.54) is 45.3 Å². The molecule has 0 amide bonds. The number of pyridine rings is 1. The Labute approximate surface area is 133 Å². The van der Waals surface area contributed by atoms with Crippen LogP contribution < -0.4 is 4.74 Å². The summed E-state index contributed by atoms with van der Waals surface area (Å²) in [5.41, 5.74) is 1.12. The van der Waals surface area contributed by atoms with Gasteiger partial charge in [-0.25, -0.2) is 0 Å². The van der Waals surface area contributed by atoms with Crippen molar-refractivity contribution < 1.29 is 9.47 Å². The highest BCUT2D eigenvalue weighted by molar-refractivity contribution is 5.28. The van der Waals surface area contributed by atoms with Gasteiger partial charge in [-0.3, -0.25) is 4.98 Å². The number of hydrogen-bond acceptors (Lipinski definition) is 4. The van der Waals surface area contributed by atoms with Crippen LogP contribution in [0, 0.1) is 18.8 Å². The smallest absolute Gasteiger partial charge is 0.125 e. The Balaban J connectivity index is 1.37. The molecule has 3 rings (SSSR count). The summed E-state index contributed by atoms with van der Waals surface area (Å²) in [6.45, 7) is 8.45. The van der Waals surface area contributed by atoms with Gasteiger partial charge in [0, 0.05) is 31.1 Å². The summed E-state index contributed by atoms with van der Waals surface area (Å²) in [6.07, 6.45) is 8.74. The molecule has 2 aliphatic heterocycles. The standard InChI is InChI=1S/C18H28N2O2/c1-15-11-19-7-4-18(15)22-14-16-5-8-20(9-6-16)12-17-3-2-10-21-13-17/h4,7,11,16-17H,2-3,5-6,8-10,12-14H2,1H3. The zero-order chi connectivity index (χ0) is 15.2. The number of hydrogen-bond donors (Lipinski definition) is 0. The van der Waals surface area contributed by atoms with Gasteiger partial charge in [-0.15, -0.1) is 0 Å². The van der Waals surface area contributed by atoms with Crippen molar-refractivity contribution >= 4 is 0 Å². The van der Waals surface area contributed by atoms with E-state index in [4.69, 9.17) is 9.47 Å². The Bertz CT molecular complexity index is 452. The molecule has 122 valence electrons. The highest BCUT2D eigenvalue weighted by Gasteiger charge is 2.23. The molecule has 4 heteroatoms. The maximum absolute atomic E-state index is 5.98. The zero-order valence-electron chi connectivity index (χ0n) is 13.7. The first-order valence-corrected chi connectivity index (χ1v) is 8.65. The first kappa shape index (κ1) is 15.8. The predicted molar refractivity (Wildman–Crippen MR) is 87.2 cm³/mol. The Morgan fingerprint density at radius 2 is 2.14 bits per heavy atom. The molecule has 1 aromatic rings. The minimum Gasteiger partial charge on any atom is -0.493 e. The third kappa shape index (κ3) is 4.43. The summed E-state index contributed by atoms with van der Waals surface area (Å²) in [5.74, 6) is 2.42. The molecule has 2 fully saturated rings. The summed E-state index contributed by atoms with van der Waals surface area (Å²) in [4.78, 5) is 6.73. The molecule has 22 heavy (non-hydrogen) atoms. The molecule has 4 nitrogen and oxygen atoms in total. The third-order valence-electron chi connectivity index (χ3n) is 4.92. The van der Waals surface area contributed by atoms with Crippen LogP contribution in [0.3, 0.4) is 0 Å². The van der Waals surface area contributed by atoms with Crippen LogP contribution in [0.25, 0.3) is 0 Å². The van der Waals surface area contributed by atoms with Gasteiger partial charge in [-0.2, -0.15) is 0 Å². The van der Waals surface area contributed by atoms with Crippen molar-refractivity contribution in [2.24, 2.45) is 11.8 Å². The lowest BCUT2D eigenvalue weighted by atomic mass is 9.95. The Morgan fingerprint density at radius 3 is 2.86 bits per heavy atom. The van der Waals surface area contributed by atoms with Gasteiger partial charge in [0.1, 0.15) is 5.75 Å². The van der Waals surface area contributed by atoms with Crippen molar-refractivity contribution in [2.45, 2.75) is 32.6 Å². The minimum atomic E-state index is 0.687. The second-order valence-electron chi connectivity index (χ2n) is 6.78. The average Bonchev–Trinajstić information content (AvgIpc) is 2.56. The molecule has 2 aliphatic rings. The van der Waals surface area contributed by atoms with E-state index in [2.05, 4.69) is 16.8 Å². The monoisotopic (exact) mass is 304 g/mol. The minimum absolute atomic E-state index is 0.687. The lowest BCUT2D eigenvalue weighted by molar-refractivity contribution is 0.0307. The first-order chi connectivity index (χ1) is 10.8. The van der Waals surface area contributed by atoms with Crippen LogP contribution in [-0.2, 0) is 4.74 Å². The largest absolute Gasteiger partial charge is 0.493 e. The predicted octanol–water partition coefficient (Wildman–Crippen LogP) is 2.91. The highest BCUT2D eigenvalue weighted by atomic mass is 16.5. The van der Waals surface area contributed by atoms with Gasteiger partial charge in [0.15, 0.2) is 0 Å². The Morgan fingerprint density at radius 1 is 1.27 bits per heavy atom. The van der Waals surface area contributed by atoms with Gasteiger partial charge in [0.05, 0.1) is 13.2 Å². The Hall–Kier alpha value is -1.13. The second kappa shape index (κ2) is 7.93. The summed E-state index contributed by atoms with van der Waals surface area (Å²) in [5, 5.41) is 0. The summed E-state index contributed by atoms with van der Waals surface area (Å²) < 4.78 is 11.6. The summed E-state index contributed by atoms with van der Waals surface area (Å²) in [6, 6.07) is 1.97. The van der Waals surface area contributed by atoms with Gasteiger partial charge in [0.25, 0.3) is 0 Å².